The summed E-state index contributed by atoms with van der Waals surface area (Å²) < 4.78 is 16.5. The highest BCUT2D eigenvalue weighted by molar-refractivity contribution is 5.51. The zero-order valence-electron chi connectivity index (χ0n) is 13.2. The van der Waals surface area contributed by atoms with E-state index in [0.29, 0.717) is 12.2 Å². The molecule has 0 saturated carbocycles. The molecule has 120 valence electrons. The van der Waals surface area contributed by atoms with Crippen molar-refractivity contribution in [1.82, 2.24) is 10.2 Å². The quantitative estimate of drug-likeness (QED) is 0.925. The van der Waals surface area contributed by atoms with Crippen LogP contribution in [0.5, 0.6) is 17.2 Å². The van der Waals surface area contributed by atoms with Crippen LogP contribution in [0, 0.1) is 5.41 Å². The number of methoxy groups -OCH3 is 1. The minimum atomic E-state index is 0.307. The number of likely N-dealkylation sites (tertiary alicyclic amines) is 1. The molecule has 3 aliphatic heterocycles. The average molecular weight is 304 g/mol. The highest BCUT2D eigenvalue weighted by Crippen LogP contribution is 2.42. The number of hydrogen-bond donors (Lipinski definition) is 1. The van der Waals surface area contributed by atoms with Crippen molar-refractivity contribution in [2.75, 3.05) is 40.1 Å². The lowest BCUT2D eigenvalue weighted by Crippen LogP contribution is -2.38. The topological polar surface area (TPSA) is 43.0 Å². The highest BCUT2D eigenvalue weighted by Gasteiger charge is 2.38. The summed E-state index contributed by atoms with van der Waals surface area (Å²) in [5.74, 6) is 2.53. The molecule has 2 saturated heterocycles. The van der Waals surface area contributed by atoms with Crippen LogP contribution >= 0.6 is 0 Å². The zero-order chi connectivity index (χ0) is 15.0. The van der Waals surface area contributed by atoms with Crippen LogP contribution in [0.2, 0.25) is 0 Å². The van der Waals surface area contributed by atoms with Gasteiger partial charge in [-0.25, -0.2) is 0 Å². The van der Waals surface area contributed by atoms with Gasteiger partial charge in [0.05, 0.1) is 7.11 Å². The Kier molecular flexibility index (Phi) is 3.62. The van der Waals surface area contributed by atoms with E-state index in [1.54, 1.807) is 7.11 Å². The van der Waals surface area contributed by atoms with Gasteiger partial charge in [-0.3, -0.25) is 4.90 Å². The second-order valence-electron chi connectivity index (χ2n) is 6.73. The number of rotatable bonds is 3. The zero-order valence-corrected chi connectivity index (χ0v) is 13.2. The minimum absolute atomic E-state index is 0.307. The van der Waals surface area contributed by atoms with Crippen molar-refractivity contribution < 1.29 is 14.2 Å². The van der Waals surface area contributed by atoms with Crippen LogP contribution in [0.25, 0.3) is 0 Å². The molecule has 1 aromatic rings. The van der Waals surface area contributed by atoms with Crippen molar-refractivity contribution in [2.45, 2.75) is 25.8 Å². The Hall–Kier alpha value is -1.46. The summed E-state index contributed by atoms with van der Waals surface area (Å²) in [6.45, 7) is 5.95. The Balaban J connectivity index is 1.49. The molecular weight excluding hydrogens is 280 g/mol. The molecule has 3 aliphatic rings. The molecule has 3 heterocycles. The summed E-state index contributed by atoms with van der Waals surface area (Å²) in [7, 11) is 1.72. The Morgan fingerprint density at radius 2 is 1.95 bits per heavy atom. The van der Waals surface area contributed by atoms with E-state index >= 15 is 0 Å². The fourth-order valence-electron chi connectivity index (χ4n) is 4.05. The Labute approximate surface area is 131 Å². The largest absolute Gasteiger partial charge is 0.496 e. The second-order valence-corrected chi connectivity index (χ2v) is 6.73. The number of ether oxygens (including phenoxy) is 3. The van der Waals surface area contributed by atoms with Gasteiger partial charge >= 0.3 is 0 Å². The third-order valence-electron chi connectivity index (χ3n) is 5.35. The average Bonchev–Trinajstić information content (AvgIpc) is 3.14. The molecule has 1 aromatic carbocycles. The van der Waals surface area contributed by atoms with E-state index in [1.165, 1.54) is 51.0 Å². The second kappa shape index (κ2) is 5.63. The van der Waals surface area contributed by atoms with Crippen LogP contribution in [-0.4, -0.2) is 45.0 Å². The van der Waals surface area contributed by atoms with E-state index in [1.807, 2.05) is 6.07 Å². The summed E-state index contributed by atoms with van der Waals surface area (Å²) >= 11 is 0. The lowest BCUT2D eigenvalue weighted by Gasteiger charge is -2.34. The molecule has 0 aromatic heterocycles. The summed E-state index contributed by atoms with van der Waals surface area (Å²) in [6, 6.07) is 4.03. The van der Waals surface area contributed by atoms with Gasteiger partial charge in [0.2, 0.25) is 6.79 Å². The van der Waals surface area contributed by atoms with Crippen molar-refractivity contribution >= 4 is 0 Å². The van der Waals surface area contributed by atoms with E-state index in [4.69, 9.17) is 14.2 Å². The van der Waals surface area contributed by atoms with E-state index in [-0.39, 0.29) is 0 Å². The third kappa shape index (κ3) is 2.52. The third-order valence-corrected chi connectivity index (χ3v) is 5.35. The van der Waals surface area contributed by atoms with Crippen LogP contribution in [-0.2, 0) is 6.54 Å². The molecule has 5 nitrogen and oxygen atoms in total. The van der Waals surface area contributed by atoms with Gasteiger partial charge in [-0.2, -0.15) is 0 Å². The molecule has 1 spiro atoms. The van der Waals surface area contributed by atoms with Gasteiger partial charge in [0.1, 0.15) is 5.75 Å². The predicted octanol–water partition coefficient (Wildman–Crippen LogP) is 2.00. The number of benzene rings is 1. The molecule has 0 amide bonds. The molecule has 22 heavy (non-hydrogen) atoms. The maximum atomic E-state index is 5.55. The number of piperidine rings is 1. The van der Waals surface area contributed by atoms with Crippen LogP contribution in [0.3, 0.4) is 0 Å². The lowest BCUT2D eigenvalue weighted by atomic mass is 9.78. The predicted molar refractivity (Wildman–Crippen MR) is 83.5 cm³/mol. The van der Waals surface area contributed by atoms with E-state index in [0.717, 1.165) is 23.8 Å². The van der Waals surface area contributed by atoms with E-state index in [9.17, 15) is 0 Å². The first-order valence-electron chi connectivity index (χ1n) is 8.18. The first-order chi connectivity index (χ1) is 10.8. The molecule has 0 bridgehead atoms. The molecule has 5 heteroatoms. The van der Waals surface area contributed by atoms with Gasteiger partial charge in [-0.1, -0.05) is 0 Å². The van der Waals surface area contributed by atoms with Crippen LogP contribution < -0.4 is 19.5 Å². The smallest absolute Gasteiger partial charge is 0.231 e. The molecule has 0 unspecified atom stereocenters. The molecule has 0 atom stereocenters. The van der Waals surface area contributed by atoms with Crippen LogP contribution in [0.4, 0.5) is 0 Å². The fraction of sp³-hybridized carbons (Fsp3) is 0.647. The molecule has 1 N–H and O–H groups in total. The van der Waals surface area contributed by atoms with Gasteiger partial charge in [0.15, 0.2) is 11.5 Å². The van der Waals surface area contributed by atoms with Gasteiger partial charge < -0.3 is 19.5 Å². The molecule has 0 radical (unpaired) electrons. The minimum Gasteiger partial charge on any atom is -0.496 e. The monoisotopic (exact) mass is 304 g/mol. The molecule has 0 aliphatic carbocycles. The Morgan fingerprint density at radius 3 is 2.73 bits per heavy atom. The standard InChI is InChI=1S/C17H24N2O3/c1-20-14-9-16-15(21-12-22-16)8-13(14)10-19-7-4-17(11-19)2-5-18-6-3-17/h8-9,18H,2-7,10-12H2,1H3. The van der Waals surface area contributed by atoms with Crippen LogP contribution in [0.15, 0.2) is 12.1 Å². The number of nitrogens with one attached hydrogen (secondary N) is 1. The maximum Gasteiger partial charge on any atom is 0.231 e. The summed E-state index contributed by atoms with van der Waals surface area (Å²) in [5, 5.41) is 3.48. The highest BCUT2D eigenvalue weighted by atomic mass is 16.7. The normalized spacial score (nSPS) is 23.1. The van der Waals surface area contributed by atoms with Crippen molar-refractivity contribution in [3.8, 4) is 17.2 Å². The van der Waals surface area contributed by atoms with Crippen molar-refractivity contribution in [3.05, 3.63) is 17.7 Å². The van der Waals surface area contributed by atoms with Crippen molar-refractivity contribution in [2.24, 2.45) is 5.41 Å². The van der Waals surface area contributed by atoms with Crippen LogP contribution in [0.1, 0.15) is 24.8 Å². The van der Waals surface area contributed by atoms with E-state index < -0.39 is 0 Å². The molecule has 2 fully saturated rings. The van der Waals surface area contributed by atoms with Crippen molar-refractivity contribution in [1.29, 1.82) is 0 Å². The molecular formula is C17H24N2O3. The van der Waals surface area contributed by atoms with Gasteiger partial charge in [-0.15, -0.1) is 0 Å². The summed E-state index contributed by atoms with van der Waals surface area (Å²) in [4.78, 5) is 2.56. The first kappa shape index (κ1) is 14.2. The summed E-state index contributed by atoms with van der Waals surface area (Å²) in [5.41, 5.74) is 1.73. The SMILES string of the molecule is COc1cc2c(cc1CN1CCC3(CCNCC3)C1)OCO2. The Morgan fingerprint density at radius 1 is 1.18 bits per heavy atom. The number of fused-ring (bicyclic) bond motifs is 1. The van der Waals surface area contributed by atoms with Gasteiger partial charge in [0.25, 0.3) is 0 Å². The summed E-state index contributed by atoms with van der Waals surface area (Å²) in [6.07, 6.45) is 3.94. The fourth-order valence-corrected chi connectivity index (χ4v) is 4.05. The first-order valence-corrected chi connectivity index (χ1v) is 8.18. The number of nitrogens with zero attached hydrogens (tertiary/aromatic N) is 1. The van der Waals surface area contributed by atoms with Gasteiger partial charge in [0, 0.05) is 24.7 Å². The van der Waals surface area contributed by atoms with Gasteiger partial charge in [-0.05, 0) is 50.4 Å². The lowest BCUT2D eigenvalue weighted by molar-refractivity contribution is 0.173. The molecule has 4 rings (SSSR count). The van der Waals surface area contributed by atoms with E-state index in [2.05, 4.69) is 16.3 Å². The number of hydrogen-bond acceptors (Lipinski definition) is 5. The maximum absolute atomic E-state index is 5.55. The van der Waals surface area contributed by atoms with Crippen molar-refractivity contribution in [3.63, 3.8) is 0 Å². The Bertz CT molecular complexity index is 555.